The summed E-state index contributed by atoms with van der Waals surface area (Å²) >= 11 is 0. The summed E-state index contributed by atoms with van der Waals surface area (Å²) in [7, 11) is 0. The van der Waals surface area contributed by atoms with Crippen LogP contribution >= 0.6 is 0 Å². The number of aliphatic hydroxyl groups excluding tert-OH is 2. The predicted molar refractivity (Wildman–Crippen MR) is 260 cm³/mol. The van der Waals surface area contributed by atoms with E-state index in [2.05, 4.69) is 19.2 Å². The molecule has 0 aromatic rings. The van der Waals surface area contributed by atoms with E-state index in [1.807, 2.05) is 0 Å². The number of esters is 1. The molecule has 0 rings (SSSR count). The molecular weight excluding hydrogens is 743 g/mol. The zero-order valence-electron chi connectivity index (χ0n) is 40.7. The maximum Gasteiger partial charge on any atom is 0.305 e. The number of carbonyl (C=O) groups excluding carboxylic acids is 2. The predicted octanol–water partition coefficient (Wildman–Crippen LogP) is 16.4. The number of rotatable bonds is 51. The van der Waals surface area contributed by atoms with Gasteiger partial charge in [-0.05, 0) is 25.7 Å². The van der Waals surface area contributed by atoms with Gasteiger partial charge in [-0.15, -0.1) is 0 Å². The van der Waals surface area contributed by atoms with E-state index < -0.39 is 12.1 Å². The van der Waals surface area contributed by atoms with Crippen molar-refractivity contribution in [2.75, 3.05) is 13.2 Å². The number of hydrogen-bond acceptors (Lipinski definition) is 5. The maximum absolute atomic E-state index is 12.4. The highest BCUT2D eigenvalue weighted by Crippen LogP contribution is 2.17. The van der Waals surface area contributed by atoms with Crippen molar-refractivity contribution in [2.24, 2.45) is 0 Å². The molecule has 3 N–H and O–H groups in total. The standard InChI is InChI=1S/C54H107NO5/c1-3-5-7-9-11-13-14-15-16-17-18-22-25-28-32-36-40-44-48-54(59)60-49-45-41-37-33-29-26-23-20-19-21-24-27-31-35-39-43-47-53(58)55-51(50-56)52(57)46-42-38-34-30-12-10-8-6-4-2/h51-52,56-57H,3-50H2,1-2H3,(H,55,58). The van der Waals surface area contributed by atoms with Gasteiger partial charge in [-0.3, -0.25) is 9.59 Å². The Bertz CT molecular complexity index is 852. The summed E-state index contributed by atoms with van der Waals surface area (Å²) < 4.78 is 5.49. The summed E-state index contributed by atoms with van der Waals surface area (Å²) in [5, 5.41) is 23.1. The van der Waals surface area contributed by atoms with Crippen molar-refractivity contribution in [3.8, 4) is 0 Å². The SMILES string of the molecule is CCCCCCCCCCCCCCCCCCCCC(=O)OCCCCCCCCCCCCCCCCCCC(=O)NC(CO)C(O)CCCCCCCCCCC. The van der Waals surface area contributed by atoms with Crippen LogP contribution in [0.25, 0.3) is 0 Å². The Balaban J connectivity index is 3.35. The van der Waals surface area contributed by atoms with Gasteiger partial charge in [-0.2, -0.15) is 0 Å². The van der Waals surface area contributed by atoms with Gasteiger partial charge < -0.3 is 20.3 Å². The first-order valence-corrected chi connectivity index (χ1v) is 27.3. The van der Waals surface area contributed by atoms with Gasteiger partial charge in [0.15, 0.2) is 0 Å². The lowest BCUT2D eigenvalue weighted by molar-refractivity contribution is -0.143. The van der Waals surface area contributed by atoms with Crippen molar-refractivity contribution in [3.05, 3.63) is 0 Å². The molecule has 0 bridgehead atoms. The van der Waals surface area contributed by atoms with Gasteiger partial charge in [0.2, 0.25) is 5.91 Å². The minimum atomic E-state index is -0.665. The molecular formula is C54H107NO5. The first kappa shape index (κ1) is 58.9. The lowest BCUT2D eigenvalue weighted by Crippen LogP contribution is -2.45. The monoisotopic (exact) mass is 850 g/mol. The van der Waals surface area contributed by atoms with Crippen LogP contribution in [0.4, 0.5) is 0 Å². The van der Waals surface area contributed by atoms with E-state index in [0.29, 0.717) is 25.9 Å². The molecule has 0 saturated carbocycles. The van der Waals surface area contributed by atoms with Crippen molar-refractivity contribution in [1.29, 1.82) is 0 Å². The van der Waals surface area contributed by atoms with E-state index in [-0.39, 0.29) is 18.5 Å². The zero-order chi connectivity index (χ0) is 43.7. The smallest absolute Gasteiger partial charge is 0.305 e. The van der Waals surface area contributed by atoms with Gasteiger partial charge in [0, 0.05) is 12.8 Å². The maximum atomic E-state index is 12.4. The van der Waals surface area contributed by atoms with Crippen molar-refractivity contribution < 1.29 is 24.5 Å². The van der Waals surface area contributed by atoms with Crippen LogP contribution in [0.3, 0.4) is 0 Å². The topological polar surface area (TPSA) is 95.9 Å². The molecule has 0 fully saturated rings. The van der Waals surface area contributed by atoms with E-state index in [9.17, 15) is 19.8 Å². The van der Waals surface area contributed by atoms with Crippen LogP contribution in [-0.2, 0) is 14.3 Å². The van der Waals surface area contributed by atoms with E-state index >= 15 is 0 Å². The molecule has 0 aliphatic carbocycles. The van der Waals surface area contributed by atoms with Gasteiger partial charge in [-0.1, -0.05) is 271 Å². The van der Waals surface area contributed by atoms with Crippen molar-refractivity contribution >= 4 is 11.9 Å². The fraction of sp³-hybridized carbons (Fsp3) is 0.963. The summed E-state index contributed by atoms with van der Waals surface area (Å²) in [6.45, 7) is 4.94. The number of amides is 1. The second-order valence-electron chi connectivity index (χ2n) is 18.9. The number of unbranched alkanes of at least 4 members (excludes halogenated alkanes) is 40. The lowest BCUT2D eigenvalue weighted by atomic mass is 10.0. The lowest BCUT2D eigenvalue weighted by Gasteiger charge is -2.22. The second-order valence-corrected chi connectivity index (χ2v) is 18.9. The third-order valence-corrected chi connectivity index (χ3v) is 12.9. The van der Waals surface area contributed by atoms with Crippen LogP contribution in [0.2, 0.25) is 0 Å². The molecule has 0 aliphatic heterocycles. The molecule has 0 aliphatic rings. The van der Waals surface area contributed by atoms with E-state index in [4.69, 9.17) is 4.74 Å². The van der Waals surface area contributed by atoms with Crippen LogP contribution in [0.15, 0.2) is 0 Å². The molecule has 6 heteroatoms. The average molecular weight is 850 g/mol. The number of ether oxygens (including phenoxy) is 1. The molecule has 0 spiro atoms. The Kier molecular flexibility index (Phi) is 49.5. The molecule has 60 heavy (non-hydrogen) atoms. The summed E-state index contributed by atoms with van der Waals surface area (Å²) in [6, 6.07) is -0.543. The van der Waals surface area contributed by atoms with Crippen LogP contribution < -0.4 is 5.32 Å². The Hall–Kier alpha value is -1.14. The first-order chi connectivity index (χ1) is 29.5. The number of nitrogens with one attached hydrogen (secondary N) is 1. The normalized spacial score (nSPS) is 12.5. The van der Waals surface area contributed by atoms with Gasteiger partial charge >= 0.3 is 5.97 Å². The highest BCUT2D eigenvalue weighted by atomic mass is 16.5. The molecule has 0 aromatic heterocycles. The summed E-state index contributed by atoms with van der Waals surface area (Å²) in [5.41, 5.74) is 0. The molecule has 2 unspecified atom stereocenters. The highest BCUT2D eigenvalue weighted by molar-refractivity contribution is 5.76. The third kappa shape index (κ3) is 46.4. The molecule has 0 saturated heterocycles. The summed E-state index contributed by atoms with van der Waals surface area (Å²) in [6.07, 6.45) is 56.6. The van der Waals surface area contributed by atoms with Crippen molar-refractivity contribution in [2.45, 2.75) is 321 Å². The molecule has 6 nitrogen and oxygen atoms in total. The van der Waals surface area contributed by atoms with E-state index in [0.717, 1.165) is 38.5 Å². The van der Waals surface area contributed by atoms with Crippen molar-refractivity contribution in [1.82, 2.24) is 5.32 Å². The van der Waals surface area contributed by atoms with Crippen molar-refractivity contribution in [3.63, 3.8) is 0 Å². The van der Waals surface area contributed by atoms with Gasteiger partial charge in [0.1, 0.15) is 0 Å². The summed E-state index contributed by atoms with van der Waals surface area (Å²) in [5.74, 6) is -0.0348. The van der Waals surface area contributed by atoms with Crippen LogP contribution in [0.5, 0.6) is 0 Å². The summed E-state index contributed by atoms with van der Waals surface area (Å²) in [4.78, 5) is 24.5. The second kappa shape index (κ2) is 50.5. The third-order valence-electron chi connectivity index (χ3n) is 12.9. The van der Waals surface area contributed by atoms with Gasteiger partial charge in [0.05, 0.1) is 25.4 Å². The van der Waals surface area contributed by atoms with Crippen LogP contribution in [-0.4, -0.2) is 47.4 Å². The van der Waals surface area contributed by atoms with Crippen LogP contribution in [0.1, 0.15) is 309 Å². The molecule has 2 atom stereocenters. The molecule has 0 aromatic carbocycles. The van der Waals surface area contributed by atoms with Gasteiger partial charge in [0.25, 0.3) is 0 Å². The fourth-order valence-electron chi connectivity index (χ4n) is 8.70. The zero-order valence-corrected chi connectivity index (χ0v) is 40.7. The Morgan fingerprint density at radius 3 is 1.02 bits per heavy atom. The average Bonchev–Trinajstić information content (AvgIpc) is 3.25. The largest absolute Gasteiger partial charge is 0.466 e. The quantitative estimate of drug-likeness (QED) is 0.0418. The Morgan fingerprint density at radius 2 is 0.683 bits per heavy atom. The van der Waals surface area contributed by atoms with E-state index in [1.54, 1.807) is 0 Å². The minimum absolute atomic E-state index is 0.00789. The number of aliphatic hydroxyl groups is 2. The molecule has 0 radical (unpaired) electrons. The molecule has 1 amide bonds. The molecule has 0 heterocycles. The number of carbonyl (C=O) groups is 2. The van der Waals surface area contributed by atoms with Crippen LogP contribution in [0, 0.1) is 0 Å². The fourth-order valence-corrected chi connectivity index (χ4v) is 8.70. The minimum Gasteiger partial charge on any atom is -0.466 e. The Morgan fingerprint density at radius 1 is 0.400 bits per heavy atom. The highest BCUT2D eigenvalue weighted by Gasteiger charge is 2.20. The Labute approximate surface area is 375 Å². The van der Waals surface area contributed by atoms with E-state index in [1.165, 1.54) is 238 Å². The first-order valence-electron chi connectivity index (χ1n) is 27.3. The number of hydrogen-bond donors (Lipinski definition) is 3. The van der Waals surface area contributed by atoms with Gasteiger partial charge in [-0.25, -0.2) is 0 Å². The molecule has 358 valence electrons.